The van der Waals surface area contributed by atoms with E-state index in [1.165, 1.54) is 0 Å². The van der Waals surface area contributed by atoms with Crippen molar-refractivity contribution in [3.05, 3.63) is 54.1 Å². The molecule has 0 amide bonds. The lowest BCUT2D eigenvalue weighted by molar-refractivity contribution is 0.342. The molecule has 0 saturated heterocycles. The summed E-state index contributed by atoms with van der Waals surface area (Å²) in [6.45, 7) is 2.41. The van der Waals surface area contributed by atoms with Crippen LogP contribution in [0, 0.1) is 6.92 Å². The minimum atomic E-state index is -1.02. The zero-order valence-corrected chi connectivity index (χ0v) is 11.7. The normalized spacial score (nSPS) is 12.1. The van der Waals surface area contributed by atoms with Crippen LogP contribution < -0.4 is 10.5 Å². The molecule has 0 spiro atoms. The van der Waals surface area contributed by atoms with E-state index in [-0.39, 0.29) is 0 Å². The standard InChI is InChI=1S/C15H17NO2S/c1-12-3-2-4-15(11-12)19(17)10-9-18-14-7-5-13(16)6-8-14/h2-8,11H,9-10,16H2,1H3. The molecule has 19 heavy (non-hydrogen) atoms. The van der Waals surface area contributed by atoms with Crippen molar-refractivity contribution in [1.29, 1.82) is 0 Å². The Kier molecular flexibility index (Phi) is 4.58. The Morgan fingerprint density at radius 2 is 1.89 bits per heavy atom. The first kappa shape index (κ1) is 13.6. The maximum Gasteiger partial charge on any atom is 0.119 e. The van der Waals surface area contributed by atoms with Gasteiger partial charge >= 0.3 is 0 Å². The molecule has 0 aliphatic heterocycles. The van der Waals surface area contributed by atoms with Gasteiger partial charge in [-0.05, 0) is 48.9 Å². The summed E-state index contributed by atoms with van der Waals surface area (Å²) < 4.78 is 17.6. The van der Waals surface area contributed by atoms with E-state index in [0.29, 0.717) is 18.0 Å². The van der Waals surface area contributed by atoms with Gasteiger partial charge in [-0.3, -0.25) is 4.21 Å². The predicted octanol–water partition coefficient (Wildman–Crippen LogP) is 2.76. The highest BCUT2D eigenvalue weighted by molar-refractivity contribution is 7.85. The molecule has 0 fully saturated rings. The van der Waals surface area contributed by atoms with Crippen LogP contribution in [0.5, 0.6) is 5.75 Å². The van der Waals surface area contributed by atoms with Crippen molar-refractivity contribution >= 4 is 16.5 Å². The molecule has 4 heteroatoms. The summed E-state index contributed by atoms with van der Waals surface area (Å²) in [5.41, 5.74) is 7.41. The SMILES string of the molecule is Cc1cccc(S(=O)CCOc2ccc(N)cc2)c1. The van der Waals surface area contributed by atoms with Gasteiger partial charge in [-0.2, -0.15) is 0 Å². The van der Waals surface area contributed by atoms with Crippen LogP contribution in [0.2, 0.25) is 0 Å². The first-order chi connectivity index (χ1) is 9.15. The van der Waals surface area contributed by atoms with Crippen LogP contribution in [0.25, 0.3) is 0 Å². The fourth-order valence-electron chi connectivity index (χ4n) is 1.67. The van der Waals surface area contributed by atoms with Gasteiger partial charge in [-0.25, -0.2) is 0 Å². The first-order valence-corrected chi connectivity index (χ1v) is 7.40. The zero-order valence-electron chi connectivity index (χ0n) is 10.8. The van der Waals surface area contributed by atoms with E-state index in [2.05, 4.69) is 0 Å². The number of nitrogens with two attached hydrogens (primary N) is 1. The largest absolute Gasteiger partial charge is 0.493 e. The van der Waals surface area contributed by atoms with Crippen molar-refractivity contribution in [1.82, 2.24) is 0 Å². The van der Waals surface area contributed by atoms with Crippen LogP contribution in [0.4, 0.5) is 5.69 Å². The molecular formula is C15H17NO2S. The summed E-state index contributed by atoms with van der Waals surface area (Å²) in [5.74, 6) is 1.23. The third-order valence-electron chi connectivity index (χ3n) is 2.67. The van der Waals surface area contributed by atoms with Crippen LogP contribution in [-0.2, 0) is 10.8 Å². The van der Waals surface area contributed by atoms with Gasteiger partial charge in [-0.1, -0.05) is 12.1 Å². The molecule has 3 nitrogen and oxygen atoms in total. The minimum absolute atomic E-state index is 0.421. The molecule has 100 valence electrons. The summed E-state index contributed by atoms with van der Waals surface area (Å²) in [6.07, 6.45) is 0. The van der Waals surface area contributed by atoms with Crippen molar-refractivity contribution in [2.24, 2.45) is 0 Å². The Balaban J connectivity index is 1.86. The van der Waals surface area contributed by atoms with Gasteiger partial charge in [0.25, 0.3) is 0 Å². The second-order valence-electron chi connectivity index (χ2n) is 4.28. The number of hydrogen-bond donors (Lipinski definition) is 1. The number of rotatable bonds is 5. The van der Waals surface area contributed by atoms with E-state index in [9.17, 15) is 4.21 Å². The third-order valence-corrected chi connectivity index (χ3v) is 3.99. The fourth-order valence-corrected chi connectivity index (χ4v) is 2.69. The van der Waals surface area contributed by atoms with Crippen LogP contribution in [0.3, 0.4) is 0 Å². The molecule has 2 rings (SSSR count). The molecule has 1 unspecified atom stereocenters. The summed E-state index contributed by atoms with van der Waals surface area (Å²) in [5, 5.41) is 0. The van der Waals surface area contributed by atoms with Crippen LogP contribution in [0.1, 0.15) is 5.56 Å². The van der Waals surface area contributed by atoms with E-state index in [1.54, 1.807) is 12.1 Å². The smallest absolute Gasteiger partial charge is 0.119 e. The molecule has 0 saturated carbocycles. The highest BCUT2D eigenvalue weighted by atomic mass is 32.2. The Hall–Kier alpha value is -1.81. The topological polar surface area (TPSA) is 52.3 Å². The minimum Gasteiger partial charge on any atom is -0.493 e. The van der Waals surface area contributed by atoms with E-state index < -0.39 is 10.8 Å². The lowest BCUT2D eigenvalue weighted by Crippen LogP contribution is -2.08. The molecule has 0 heterocycles. The highest BCUT2D eigenvalue weighted by Crippen LogP contribution is 2.14. The van der Waals surface area contributed by atoms with Crippen molar-refractivity contribution in [3.8, 4) is 5.75 Å². The van der Waals surface area contributed by atoms with Crippen molar-refractivity contribution in [2.75, 3.05) is 18.1 Å². The van der Waals surface area contributed by atoms with E-state index in [1.807, 2.05) is 43.3 Å². The highest BCUT2D eigenvalue weighted by Gasteiger charge is 2.04. The maximum absolute atomic E-state index is 12.1. The molecule has 2 N–H and O–H groups in total. The second-order valence-corrected chi connectivity index (χ2v) is 5.85. The van der Waals surface area contributed by atoms with Crippen molar-refractivity contribution in [3.63, 3.8) is 0 Å². The van der Waals surface area contributed by atoms with E-state index >= 15 is 0 Å². The summed E-state index contributed by atoms with van der Waals surface area (Å²) >= 11 is 0. The second kappa shape index (κ2) is 6.38. The van der Waals surface area contributed by atoms with Gasteiger partial charge in [-0.15, -0.1) is 0 Å². The average Bonchev–Trinajstić information content (AvgIpc) is 2.41. The Bertz CT molecular complexity index is 567. The molecule has 0 aliphatic carbocycles. The van der Waals surface area contributed by atoms with Gasteiger partial charge in [0, 0.05) is 10.6 Å². The molecule has 1 atom stereocenters. The Morgan fingerprint density at radius 3 is 2.58 bits per heavy atom. The average molecular weight is 275 g/mol. The monoisotopic (exact) mass is 275 g/mol. The van der Waals surface area contributed by atoms with Crippen molar-refractivity contribution < 1.29 is 8.95 Å². The zero-order chi connectivity index (χ0) is 13.7. The number of aryl methyl sites for hydroxylation is 1. The van der Waals surface area contributed by atoms with E-state index in [0.717, 1.165) is 16.2 Å². The molecule has 2 aromatic carbocycles. The lowest BCUT2D eigenvalue weighted by Gasteiger charge is -2.07. The third kappa shape index (κ3) is 4.10. The molecule has 0 radical (unpaired) electrons. The quantitative estimate of drug-likeness (QED) is 0.854. The van der Waals surface area contributed by atoms with Gasteiger partial charge in [0.05, 0.1) is 16.6 Å². The molecule has 0 aliphatic rings. The van der Waals surface area contributed by atoms with Gasteiger partial charge in [0.15, 0.2) is 0 Å². The number of anilines is 1. The van der Waals surface area contributed by atoms with Crippen LogP contribution in [-0.4, -0.2) is 16.6 Å². The molecule has 0 aromatic heterocycles. The van der Waals surface area contributed by atoms with Gasteiger partial charge in [0.1, 0.15) is 12.4 Å². The Labute approximate surface area is 115 Å². The number of benzene rings is 2. The van der Waals surface area contributed by atoms with Crippen LogP contribution in [0.15, 0.2) is 53.4 Å². The molecule has 0 bridgehead atoms. The number of nitrogen functional groups attached to an aromatic ring is 1. The summed E-state index contributed by atoms with van der Waals surface area (Å²) in [7, 11) is -1.02. The molecular weight excluding hydrogens is 258 g/mol. The lowest BCUT2D eigenvalue weighted by atomic mass is 10.2. The first-order valence-electron chi connectivity index (χ1n) is 6.08. The molecule has 2 aromatic rings. The Morgan fingerprint density at radius 1 is 1.16 bits per heavy atom. The van der Waals surface area contributed by atoms with Crippen LogP contribution >= 0.6 is 0 Å². The fraction of sp³-hybridized carbons (Fsp3) is 0.200. The maximum atomic E-state index is 12.1. The number of hydrogen-bond acceptors (Lipinski definition) is 3. The van der Waals surface area contributed by atoms with Gasteiger partial charge in [0.2, 0.25) is 0 Å². The van der Waals surface area contributed by atoms with Crippen molar-refractivity contribution in [2.45, 2.75) is 11.8 Å². The summed E-state index contributed by atoms with van der Waals surface area (Å²) in [4.78, 5) is 0.848. The van der Waals surface area contributed by atoms with E-state index in [4.69, 9.17) is 10.5 Å². The summed E-state index contributed by atoms with van der Waals surface area (Å²) in [6, 6.07) is 14.9. The van der Waals surface area contributed by atoms with Gasteiger partial charge < -0.3 is 10.5 Å². The predicted molar refractivity (Wildman–Crippen MR) is 78.8 cm³/mol. The number of ether oxygens (including phenoxy) is 1.